The van der Waals surface area contributed by atoms with Gasteiger partial charge in [-0.1, -0.05) is 48.0 Å². The largest absolute Gasteiger partial charge is 0.494 e. The summed E-state index contributed by atoms with van der Waals surface area (Å²) in [7, 11) is 4.26. The Kier molecular flexibility index (Phi) is 8.75. The molecule has 0 saturated heterocycles. The summed E-state index contributed by atoms with van der Waals surface area (Å²) in [5.74, 6) is 0.740. The third-order valence-corrected chi connectivity index (χ3v) is 9.52. The SMILES string of the molecule is CCOc1ccc(-c2cccc(C#N)c2)cc1CN(C(=O)c1sc2ccccc2c1Cl)C1CCC(N(C)C)CC1. The van der Waals surface area contributed by atoms with Gasteiger partial charge in [-0.25, -0.2) is 0 Å². The molecule has 7 heteroatoms. The maximum Gasteiger partial charge on any atom is 0.266 e. The van der Waals surface area contributed by atoms with Crippen molar-refractivity contribution < 1.29 is 9.53 Å². The number of hydrogen-bond donors (Lipinski definition) is 0. The number of nitriles is 1. The van der Waals surface area contributed by atoms with E-state index in [0.717, 1.165) is 58.2 Å². The van der Waals surface area contributed by atoms with Crippen LogP contribution in [0.25, 0.3) is 21.2 Å². The highest BCUT2D eigenvalue weighted by Gasteiger charge is 2.33. The first-order valence-electron chi connectivity index (χ1n) is 13.8. The Bertz CT molecular complexity index is 1550. The van der Waals surface area contributed by atoms with Crippen molar-refractivity contribution in [2.45, 2.75) is 51.2 Å². The molecule has 0 aliphatic heterocycles. The standard InChI is InChI=1S/C33H34ClN3O2S/c1-4-39-29-17-12-24(23-9-7-8-22(18-23)20-35)19-25(29)21-37(27-15-13-26(14-16-27)36(2)3)33(38)32-31(34)28-10-5-6-11-30(28)40-32/h5-12,17-19,26-27H,4,13-16,21H2,1-3H3. The Labute approximate surface area is 245 Å². The van der Waals surface area contributed by atoms with Gasteiger partial charge in [0.05, 0.1) is 23.3 Å². The average molecular weight is 572 g/mol. The summed E-state index contributed by atoms with van der Waals surface area (Å²) in [5, 5.41) is 10.9. The van der Waals surface area contributed by atoms with Crippen LogP contribution in [0.15, 0.2) is 66.7 Å². The van der Waals surface area contributed by atoms with Gasteiger partial charge in [0.15, 0.2) is 0 Å². The number of hydrogen-bond acceptors (Lipinski definition) is 5. The van der Waals surface area contributed by atoms with Crippen molar-refractivity contribution in [3.8, 4) is 22.9 Å². The first kappa shape index (κ1) is 28.2. The third-order valence-electron chi connectivity index (χ3n) is 7.85. The molecule has 1 fully saturated rings. The van der Waals surface area contributed by atoms with Crippen molar-refractivity contribution in [1.29, 1.82) is 5.26 Å². The quantitative estimate of drug-likeness (QED) is 0.215. The lowest BCUT2D eigenvalue weighted by molar-refractivity contribution is 0.0572. The molecule has 0 bridgehead atoms. The van der Waals surface area contributed by atoms with Crippen LogP contribution in [0.3, 0.4) is 0 Å². The van der Waals surface area contributed by atoms with E-state index in [9.17, 15) is 10.1 Å². The Morgan fingerprint density at radius 3 is 2.42 bits per heavy atom. The van der Waals surface area contributed by atoms with E-state index in [1.165, 1.54) is 11.3 Å². The van der Waals surface area contributed by atoms with Gasteiger partial charge in [0.25, 0.3) is 5.91 Å². The van der Waals surface area contributed by atoms with Crippen LogP contribution in [-0.2, 0) is 6.54 Å². The van der Waals surface area contributed by atoms with Crippen LogP contribution in [0.4, 0.5) is 0 Å². The molecule has 206 valence electrons. The Morgan fingerprint density at radius 2 is 1.73 bits per heavy atom. The zero-order valence-electron chi connectivity index (χ0n) is 23.2. The minimum atomic E-state index is -0.0289. The van der Waals surface area contributed by atoms with Crippen LogP contribution in [-0.4, -0.2) is 48.5 Å². The zero-order valence-corrected chi connectivity index (χ0v) is 24.8. The van der Waals surface area contributed by atoms with E-state index >= 15 is 0 Å². The lowest BCUT2D eigenvalue weighted by Crippen LogP contribution is -2.44. The second-order valence-electron chi connectivity index (χ2n) is 10.5. The topological polar surface area (TPSA) is 56.6 Å². The summed E-state index contributed by atoms with van der Waals surface area (Å²) in [6.07, 6.45) is 3.96. The molecule has 5 nitrogen and oxygen atoms in total. The van der Waals surface area contributed by atoms with E-state index in [1.54, 1.807) is 6.07 Å². The van der Waals surface area contributed by atoms with E-state index in [4.69, 9.17) is 16.3 Å². The highest BCUT2D eigenvalue weighted by molar-refractivity contribution is 7.21. The molecule has 0 unspecified atom stereocenters. The van der Waals surface area contributed by atoms with Gasteiger partial charge in [0.2, 0.25) is 0 Å². The van der Waals surface area contributed by atoms with Crippen molar-refractivity contribution in [2.24, 2.45) is 0 Å². The van der Waals surface area contributed by atoms with Gasteiger partial charge in [0, 0.05) is 34.3 Å². The molecule has 1 aliphatic rings. The number of halogens is 1. The maximum atomic E-state index is 14.3. The molecule has 4 aromatic rings. The van der Waals surface area contributed by atoms with E-state index in [0.29, 0.717) is 34.7 Å². The lowest BCUT2D eigenvalue weighted by Gasteiger charge is -2.39. The number of carbonyl (C=O) groups excluding carboxylic acids is 1. The predicted molar refractivity (Wildman–Crippen MR) is 164 cm³/mol. The van der Waals surface area contributed by atoms with Gasteiger partial charge in [-0.15, -0.1) is 11.3 Å². The molecular formula is C33H34ClN3O2S. The molecule has 0 radical (unpaired) electrons. The number of carbonyl (C=O) groups is 1. The molecular weight excluding hydrogens is 538 g/mol. The van der Waals surface area contributed by atoms with Crippen molar-refractivity contribution in [1.82, 2.24) is 9.80 Å². The molecule has 1 heterocycles. The number of nitrogens with zero attached hydrogens (tertiary/aromatic N) is 3. The molecule has 3 aromatic carbocycles. The Hall–Kier alpha value is -3.37. The van der Waals surface area contributed by atoms with Crippen LogP contribution in [0, 0.1) is 11.3 Å². The summed E-state index contributed by atoms with van der Waals surface area (Å²) in [5.41, 5.74) is 3.50. The summed E-state index contributed by atoms with van der Waals surface area (Å²) in [4.78, 5) is 19.2. The van der Waals surface area contributed by atoms with E-state index < -0.39 is 0 Å². The molecule has 1 aliphatic carbocycles. The summed E-state index contributed by atoms with van der Waals surface area (Å²) in [6.45, 7) is 2.92. The first-order valence-corrected chi connectivity index (χ1v) is 15.0. The maximum absolute atomic E-state index is 14.3. The molecule has 40 heavy (non-hydrogen) atoms. The Morgan fingerprint density at radius 1 is 1.00 bits per heavy atom. The number of ether oxygens (including phenoxy) is 1. The second kappa shape index (κ2) is 12.4. The number of thiophene rings is 1. The predicted octanol–water partition coefficient (Wildman–Crippen LogP) is 8.01. The molecule has 1 saturated carbocycles. The van der Waals surface area contributed by atoms with E-state index in [2.05, 4.69) is 31.1 Å². The minimum absolute atomic E-state index is 0.0289. The van der Waals surface area contributed by atoms with Crippen LogP contribution >= 0.6 is 22.9 Å². The second-order valence-corrected chi connectivity index (χ2v) is 12.0. The molecule has 0 atom stereocenters. The number of fused-ring (bicyclic) bond motifs is 1. The van der Waals surface area contributed by atoms with Crippen LogP contribution in [0.5, 0.6) is 5.75 Å². The fourth-order valence-corrected chi connectivity index (χ4v) is 7.13. The summed E-state index contributed by atoms with van der Waals surface area (Å²) < 4.78 is 7.06. The molecule has 0 N–H and O–H groups in total. The fraction of sp³-hybridized carbons (Fsp3) is 0.333. The molecule has 1 aromatic heterocycles. The molecule has 0 spiro atoms. The van der Waals surface area contributed by atoms with Crippen LogP contribution < -0.4 is 4.74 Å². The molecule has 5 rings (SSSR count). The van der Waals surface area contributed by atoms with Crippen LogP contribution in [0.1, 0.15) is 53.4 Å². The molecule has 1 amide bonds. The van der Waals surface area contributed by atoms with Gasteiger partial charge in [-0.2, -0.15) is 5.26 Å². The van der Waals surface area contributed by atoms with E-state index in [1.807, 2.05) is 66.4 Å². The van der Waals surface area contributed by atoms with E-state index in [-0.39, 0.29) is 11.9 Å². The number of rotatable bonds is 8. The van der Waals surface area contributed by atoms with Gasteiger partial charge >= 0.3 is 0 Å². The lowest BCUT2D eigenvalue weighted by atomic mass is 9.89. The van der Waals surface area contributed by atoms with Gasteiger partial charge < -0.3 is 14.5 Å². The van der Waals surface area contributed by atoms with Crippen molar-refractivity contribution >= 4 is 38.9 Å². The highest BCUT2D eigenvalue weighted by Crippen LogP contribution is 2.38. The van der Waals surface area contributed by atoms with Crippen molar-refractivity contribution in [3.63, 3.8) is 0 Å². The minimum Gasteiger partial charge on any atom is -0.494 e. The highest BCUT2D eigenvalue weighted by atomic mass is 35.5. The van der Waals surface area contributed by atoms with Crippen molar-refractivity contribution in [2.75, 3.05) is 20.7 Å². The average Bonchev–Trinajstić information content (AvgIpc) is 3.32. The first-order chi connectivity index (χ1) is 19.4. The number of benzene rings is 3. The smallest absolute Gasteiger partial charge is 0.266 e. The monoisotopic (exact) mass is 571 g/mol. The van der Waals surface area contributed by atoms with Gasteiger partial charge in [0.1, 0.15) is 10.6 Å². The normalized spacial score (nSPS) is 17.1. The Balaban J connectivity index is 1.54. The van der Waals surface area contributed by atoms with Crippen molar-refractivity contribution in [3.05, 3.63) is 87.8 Å². The summed E-state index contributed by atoms with van der Waals surface area (Å²) >= 11 is 8.29. The van der Waals surface area contributed by atoms with Gasteiger partial charge in [-0.3, -0.25) is 4.79 Å². The summed E-state index contributed by atoms with van der Waals surface area (Å²) in [6, 6.07) is 24.5. The van der Waals surface area contributed by atoms with Crippen LogP contribution in [0.2, 0.25) is 5.02 Å². The number of amides is 1. The fourth-order valence-electron chi connectivity index (χ4n) is 5.67. The zero-order chi connectivity index (χ0) is 28.2. The third kappa shape index (κ3) is 5.88. The van der Waals surface area contributed by atoms with Gasteiger partial charge in [-0.05, 0) is 88.2 Å².